The topological polar surface area (TPSA) is 84.4 Å². The van der Waals surface area contributed by atoms with Gasteiger partial charge in [0.2, 0.25) is 0 Å². The van der Waals surface area contributed by atoms with Crippen LogP contribution >= 0.6 is 11.5 Å². The standard InChI is InChI=1S/C14H17N7S/c1-9(8-20(3)15)11-7-17-14-13(16-4-5-21(11)14)18-12-6-10(2)19-22-12/h4-8H,15H2,1-3H3,(H,16,18)/b9-8+. The highest BCUT2D eigenvalue weighted by Gasteiger charge is 2.11. The molecule has 0 aliphatic rings. The van der Waals surface area contributed by atoms with Crippen molar-refractivity contribution in [3.63, 3.8) is 0 Å². The van der Waals surface area contributed by atoms with Gasteiger partial charge in [0.25, 0.3) is 0 Å². The number of nitrogens with one attached hydrogen (secondary N) is 1. The molecule has 0 fully saturated rings. The third-order valence-electron chi connectivity index (χ3n) is 3.10. The van der Waals surface area contributed by atoms with Gasteiger partial charge in [0.1, 0.15) is 5.00 Å². The van der Waals surface area contributed by atoms with Crippen molar-refractivity contribution in [2.45, 2.75) is 13.8 Å². The molecule has 0 spiro atoms. The first-order valence-electron chi connectivity index (χ1n) is 6.73. The van der Waals surface area contributed by atoms with Crippen LogP contribution in [0.25, 0.3) is 11.2 Å². The van der Waals surface area contributed by atoms with Crippen molar-refractivity contribution >= 4 is 33.6 Å². The first-order chi connectivity index (χ1) is 10.5. The van der Waals surface area contributed by atoms with E-state index in [0.29, 0.717) is 5.82 Å². The van der Waals surface area contributed by atoms with Gasteiger partial charge < -0.3 is 10.3 Å². The second-order valence-electron chi connectivity index (χ2n) is 5.05. The maximum atomic E-state index is 5.67. The minimum absolute atomic E-state index is 0.700. The summed E-state index contributed by atoms with van der Waals surface area (Å²) in [5.74, 6) is 6.38. The molecule has 3 heterocycles. The Morgan fingerprint density at radius 1 is 1.45 bits per heavy atom. The van der Waals surface area contributed by atoms with Crippen molar-refractivity contribution < 1.29 is 0 Å². The monoisotopic (exact) mass is 315 g/mol. The van der Waals surface area contributed by atoms with Crippen molar-refractivity contribution in [3.05, 3.63) is 42.2 Å². The van der Waals surface area contributed by atoms with Crippen LogP contribution in [0.4, 0.5) is 10.8 Å². The predicted molar refractivity (Wildman–Crippen MR) is 88.7 cm³/mol. The second-order valence-corrected chi connectivity index (χ2v) is 5.85. The molecule has 22 heavy (non-hydrogen) atoms. The molecule has 8 heteroatoms. The van der Waals surface area contributed by atoms with E-state index in [2.05, 4.69) is 19.7 Å². The Bertz CT molecular complexity index is 831. The van der Waals surface area contributed by atoms with E-state index in [0.717, 1.165) is 27.6 Å². The minimum atomic E-state index is 0.700. The Kier molecular flexibility index (Phi) is 3.78. The molecule has 3 N–H and O–H groups in total. The third kappa shape index (κ3) is 2.78. The number of imidazole rings is 1. The summed E-state index contributed by atoms with van der Waals surface area (Å²) in [7, 11) is 1.79. The number of nitrogens with two attached hydrogens (primary N) is 1. The SMILES string of the molecule is C/C(=C\N(C)N)c1cnc2c(Nc3cc(C)ns3)nccn12. The number of nitrogens with zero attached hydrogens (tertiary/aromatic N) is 5. The summed E-state index contributed by atoms with van der Waals surface area (Å²) in [5, 5.41) is 5.73. The lowest BCUT2D eigenvalue weighted by atomic mass is 10.2. The van der Waals surface area contributed by atoms with Crippen LogP contribution in [0.15, 0.2) is 30.9 Å². The van der Waals surface area contributed by atoms with Crippen LogP contribution < -0.4 is 11.2 Å². The van der Waals surface area contributed by atoms with E-state index in [9.17, 15) is 0 Å². The van der Waals surface area contributed by atoms with Crippen LogP contribution in [-0.4, -0.2) is 30.8 Å². The fourth-order valence-electron chi connectivity index (χ4n) is 2.21. The lowest BCUT2D eigenvalue weighted by Gasteiger charge is -2.08. The van der Waals surface area contributed by atoms with Gasteiger partial charge in [-0.15, -0.1) is 0 Å². The van der Waals surface area contributed by atoms with Gasteiger partial charge in [0.15, 0.2) is 11.5 Å². The Labute approximate surface area is 132 Å². The van der Waals surface area contributed by atoms with Gasteiger partial charge >= 0.3 is 0 Å². The summed E-state index contributed by atoms with van der Waals surface area (Å²) < 4.78 is 6.24. The molecule has 0 aliphatic heterocycles. The molecule has 0 unspecified atom stereocenters. The number of fused-ring (bicyclic) bond motifs is 1. The van der Waals surface area contributed by atoms with E-state index in [1.807, 2.05) is 42.9 Å². The molecule has 0 aliphatic carbocycles. The van der Waals surface area contributed by atoms with Gasteiger partial charge in [-0.1, -0.05) is 0 Å². The van der Waals surface area contributed by atoms with Crippen molar-refractivity contribution in [2.24, 2.45) is 5.84 Å². The number of aryl methyl sites for hydroxylation is 1. The van der Waals surface area contributed by atoms with Crippen LogP contribution in [0.3, 0.4) is 0 Å². The molecule has 0 bridgehead atoms. The maximum Gasteiger partial charge on any atom is 0.180 e. The largest absolute Gasteiger partial charge is 0.328 e. The minimum Gasteiger partial charge on any atom is -0.328 e. The average Bonchev–Trinajstić information content (AvgIpc) is 3.05. The average molecular weight is 315 g/mol. The van der Waals surface area contributed by atoms with Crippen LogP contribution in [0.5, 0.6) is 0 Å². The molecular weight excluding hydrogens is 298 g/mol. The predicted octanol–water partition coefficient (Wildman–Crippen LogP) is 2.40. The molecule has 0 amide bonds. The lowest BCUT2D eigenvalue weighted by molar-refractivity contribution is 0.486. The second kappa shape index (κ2) is 5.74. The molecule has 0 saturated heterocycles. The van der Waals surface area contributed by atoms with Crippen LogP contribution in [-0.2, 0) is 0 Å². The summed E-state index contributed by atoms with van der Waals surface area (Å²) >= 11 is 1.40. The van der Waals surface area contributed by atoms with E-state index >= 15 is 0 Å². The Morgan fingerprint density at radius 3 is 2.95 bits per heavy atom. The molecule has 7 nitrogen and oxygen atoms in total. The van der Waals surface area contributed by atoms with E-state index < -0.39 is 0 Å². The Hall–Kier alpha value is -2.45. The van der Waals surface area contributed by atoms with Crippen molar-refractivity contribution in [2.75, 3.05) is 12.4 Å². The number of hydrogen-bond acceptors (Lipinski definition) is 7. The smallest absolute Gasteiger partial charge is 0.180 e. The lowest BCUT2D eigenvalue weighted by Crippen LogP contribution is -2.19. The fraction of sp³-hybridized carbons (Fsp3) is 0.214. The summed E-state index contributed by atoms with van der Waals surface area (Å²) in [6.45, 7) is 3.95. The number of hydrogen-bond donors (Lipinski definition) is 2. The number of hydrazine groups is 1. The van der Waals surface area contributed by atoms with Crippen LogP contribution in [0.2, 0.25) is 0 Å². The molecule has 3 rings (SSSR count). The summed E-state index contributed by atoms with van der Waals surface area (Å²) in [5.41, 5.74) is 3.73. The zero-order valence-corrected chi connectivity index (χ0v) is 13.4. The van der Waals surface area contributed by atoms with Crippen molar-refractivity contribution in [1.82, 2.24) is 23.8 Å². The van der Waals surface area contributed by atoms with Crippen molar-refractivity contribution in [1.29, 1.82) is 0 Å². The number of allylic oxidation sites excluding steroid dienone is 1. The molecule has 3 aromatic heterocycles. The van der Waals surface area contributed by atoms with Crippen molar-refractivity contribution in [3.8, 4) is 0 Å². The number of rotatable bonds is 4. The summed E-state index contributed by atoms with van der Waals surface area (Å²) in [4.78, 5) is 8.85. The van der Waals surface area contributed by atoms with Gasteiger partial charge in [-0.2, -0.15) is 4.37 Å². The molecule has 0 aromatic carbocycles. The molecule has 3 aromatic rings. The first kappa shape index (κ1) is 14.5. The van der Waals surface area contributed by atoms with E-state index in [1.54, 1.807) is 13.2 Å². The van der Waals surface area contributed by atoms with Gasteiger partial charge in [0.05, 0.1) is 17.6 Å². The third-order valence-corrected chi connectivity index (χ3v) is 3.89. The summed E-state index contributed by atoms with van der Waals surface area (Å²) in [6.07, 6.45) is 7.29. The van der Waals surface area contributed by atoms with Gasteiger partial charge in [-0.25, -0.2) is 15.8 Å². The number of anilines is 2. The highest BCUT2D eigenvalue weighted by Crippen LogP contribution is 2.24. The molecule has 114 valence electrons. The first-order valence-corrected chi connectivity index (χ1v) is 7.50. The van der Waals surface area contributed by atoms with E-state index in [4.69, 9.17) is 5.84 Å². The molecule has 0 atom stereocenters. The highest BCUT2D eigenvalue weighted by atomic mass is 32.1. The van der Waals surface area contributed by atoms with Gasteiger partial charge in [0, 0.05) is 25.6 Å². The molecule has 0 saturated carbocycles. The summed E-state index contributed by atoms with van der Waals surface area (Å²) in [6, 6.07) is 1.98. The fourth-order valence-corrected chi connectivity index (χ4v) is 2.87. The zero-order valence-electron chi connectivity index (χ0n) is 12.6. The highest BCUT2D eigenvalue weighted by molar-refractivity contribution is 7.10. The quantitative estimate of drug-likeness (QED) is 0.568. The molecule has 0 radical (unpaired) electrons. The van der Waals surface area contributed by atoms with E-state index in [1.165, 1.54) is 16.5 Å². The number of aromatic nitrogens is 4. The Morgan fingerprint density at radius 2 is 2.27 bits per heavy atom. The van der Waals surface area contributed by atoms with Gasteiger partial charge in [-0.3, -0.25) is 4.40 Å². The van der Waals surface area contributed by atoms with Gasteiger partial charge in [-0.05, 0) is 37.0 Å². The maximum absolute atomic E-state index is 5.67. The zero-order chi connectivity index (χ0) is 15.7. The van der Waals surface area contributed by atoms with E-state index in [-0.39, 0.29) is 0 Å². The van der Waals surface area contributed by atoms with Crippen LogP contribution in [0, 0.1) is 6.92 Å². The normalized spacial score (nSPS) is 11.9. The van der Waals surface area contributed by atoms with Crippen LogP contribution in [0.1, 0.15) is 18.3 Å². The molecular formula is C14H17N7S. The Balaban J connectivity index is 2.02.